The minimum atomic E-state index is -0.181. The number of hydrogen-bond donors (Lipinski definition) is 4. The molecule has 5 N–H and O–H groups in total. The van der Waals surface area contributed by atoms with Crippen molar-refractivity contribution in [3.05, 3.63) is 27.1 Å². The van der Waals surface area contributed by atoms with E-state index < -0.39 is 0 Å². The van der Waals surface area contributed by atoms with Crippen molar-refractivity contribution in [3.8, 4) is 0 Å². The Balaban J connectivity index is 1.91. The van der Waals surface area contributed by atoms with Crippen molar-refractivity contribution in [3.63, 3.8) is 0 Å². The molecule has 0 saturated heterocycles. The van der Waals surface area contributed by atoms with Crippen LogP contribution in [0.25, 0.3) is 11.0 Å². The van der Waals surface area contributed by atoms with Crippen LogP contribution in [0.4, 0.5) is 5.69 Å². The molecule has 1 aliphatic carbocycles. The second-order valence-corrected chi connectivity index (χ2v) is 5.99. The molecule has 1 aliphatic rings. The van der Waals surface area contributed by atoms with E-state index in [2.05, 4.69) is 31.2 Å². The van der Waals surface area contributed by atoms with E-state index in [4.69, 9.17) is 5.73 Å². The largest absolute Gasteiger partial charge is 0.381 e. The molecule has 102 valence electrons. The number of benzene rings is 1. The van der Waals surface area contributed by atoms with E-state index in [1.165, 1.54) is 12.8 Å². The third kappa shape index (κ3) is 2.42. The van der Waals surface area contributed by atoms with Crippen LogP contribution in [0.2, 0.25) is 0 Å². The molecule has 19 heavy (non-hydrogen) atoms. The van der Waals surface area contributed by atoms with Gasteiger partial charge in [-0.2, -0.15) is 0 Å². The Morgan fingerprint density at radius 2 is 2.05 bits per heavy atom. The van der Waals surface area contributed by atoms with Crippen molar-refractivity contribution in [2.75, 3.05) is 11.9 Å². The van der Waals surface area contributed by atoms with E-state index in [-0.39, 0.29) is 5.69 Å². The van der Waals surface area contributed by atoms with Crippen LogP contribution >= 0.6 is 15.9 Å². The first-order valence-corrected chi connectivity index (χ1v) is 7.35. The van der Waals surface area contributed by atoms with Crippen LogP contribution in [0.15, 0.2) is 21.4 Å². The lowest BCUT2D eigenvalue weighted by Crippen LogP contribution is -2.29. The van der Waals surface area contributed by atoms with Gasteiger partial charge in [0.2, 0.25) is 0 Å². The van der Waals surface area contributed by atoms with E-state index in [9.17, 15) is 4.79 Å². The number of fused-ring (bicyclic) bond motifs is 1. The second kappa shape index (κ2) is 5.02. The first kappa shape index (κ1) is 12.7. The highest BCUT2D eigenvalue weighted by atomic mass is 79.9. The maximum atomic E-state index is 11.3. The molecule has 1 aromatic heterocycles. The summed E-state index contributed by atoms with van der Waals surface area (Å²) in [5, 5.41) is 3.55. The van der Waals surface area contributed by atoms with E-state index in [0.717, 1.165) is 34.2 Å². The average Bonchev–Trinajstić information content (AvgIpc) is 2.95. The molecular formula is C13H17BrN4O. The summed E-state index contributed by atoms with van der Waals surface area (Å²) in [6.07, 6.45) is 3.56. The number of aromatic amines is 2. The summed E-state index contributed by atoms with van der Waals surface area (Å²) in [5.41, 5.74) is 8.26. The molecule has 1 saturated carbocycles. The number of anilines is 1. The molecule has 0 aliphatic heterocycles. The molecule has 1 fully saturated rings. The van der Waals surface area contributed by atoms with Gasteiger partial charge in [-0.15, -0.1) is 0 Å². The van der Waals surface area contributed by atoms with Crippen molar-refractivity contribution in [2.45, 2.75) is 25.3 Å². The molecule has 2 unspecified atom stereocenters. The normalized spacial score (nSPS) is 23.1. The topological polar surface area (TPSA) is 86.7 Å². The monoisotopic (exact) mass is 324 g/mol. The molecule has 5 nitrogen and oxygen atoms in total. The molecule has 0 amide bonds. The highest BCUT2D eigenvalue weighted by molar-refractivity contribution is 9.10. The number of hydrogen-bond acceptors (Lipinski definition) is 3. The summed E-state index contributed by atoms with van der Waals surface area (Å²) in [4.78, 5) is 16.8. The van der Waals surface area contributed by atoms with E-state index in [1.807, 2.05) is 12.1 Å². The maximum absolute atomic E-state index is 11.3. The molecule has 0 spiro atoms. The highest BCUT2D eigenvalue weighted by Crippen LogP contribution is 2.32. The Morgan fingerprint density at radius 3 is 2.79 bits per heavy atom. The van der Waals surface area contributed by atoms with Gasteiger partial charge in [-0.3, -0.25) is 0 Å². The number of halogens is 1. The van der Waals surface area contributed by atoms with Crippen LogP contribution in [-0.4, -0.2) is 22.6 Å². The summed E-state index contributed by atoms with van der Waals surface area (Å²) in [7, 11) is 0. The lowest BCUT2D eigenvalue weighted by molar-refractivity contribution is 0.516. The van der Waals surface area contributed by atoms with Crippen LogP contribution in [0.1, 0.15) is 19.3 Å². The van der Waals surface area contributed by atoms with Crippen LogP contribution in [-0.2, 0) is 0 Å². The van der Waals surface area contributed by atoms with Gasteiger partial charge < -0.3 is 21.0 Å². The summed E-state index contributed by atoms with van der Waals surface area (Å²) in [6, 6.07) is 4.30. The molecule has 3 rings (SSSR count). The first-order chi connectivity index (χ1) is 9.17. The van der Waals surface area contributed by atoms with E-state index >= 15 is 0 Å². The van der Waals surface area contributed by atoms with Gasteiger partial charge in [-0.25, -0.2) is 4.79 Å². The number of H-pyrrole nitrogens is 2. The third-order valence-electron chi connectivity index (χ3n) is 3.91. The quantitative estimate of drug-likeness (QED) is 0.697. The number of nitrogens with one attached hydrogen (secondary N) is 3. The van der Waals surface area contributed by atoms with Gasteiger partial charge in [0.05, 0.1) is 16.7 Å². The molecule has 2 atom stereocenters. The molecule has 0 radical (unpaired) electrons. The van der Waals surface area contributed by atoms with Crippen LogP contribution in [0.5, 0.6) is 0 Å². The number of imidazole rings is 1. The zero-order valence-corrected chi connectivity index (χ0v) is 12.1. The van der Waals surface area contributed by atoms with Gasteiger partial charge >= 0.3 is 5.69 Å². The Bertz CT molecular complexity index is 648. The fraction of sp³-hybridized carbons (Fsp3) is 0.462. The molecule has 1 heterocycles. The lowest BCUT2D eigenvalue weighted by atomic mass is 10.0. The molecule has 2 aromatic rings. The zero-order valence-electron chi connectivity index (χ0n) is 10.5. The van der Waals surface area contributed by atoms with Crippen molar-refractivity contribution < 1.29 is 0 Å². The van der Waals surface area contributed by atoms with Gasteiger partial charge in [0.15, 0.2) is 0 Å². The Hall–Kier alpha value is -1.27. The maximum Gasteiger partial charge on any atom is 0.323 e. The first-order valence-electron chi connectivity index (χ1n) is 6.55. The van der Waals surface area contributed by atoms with Crippen molar-refractivity contribution in [1.29, 1.82) is 0 Å². The second-order valence-electron chi connectivity index (χ2n) is 5.13. The van der Waals surface area contributed by atoms with Gasteiger partial charge in [-0.1, -0.05) is 6.42 Å². The van der Waals surface area contributed by atoms with E-state index in [1.54, 1.807) is 0 Å². The third-order valence-corrected chi connectivity index (χ3v) is 4.56. The zero-order chi connectivity index (χ0) is 13.4. The number of aromatic nitrogens is 2. The van der Waals surface area contributed by atoms with Gasteiger partial charge in [0.1, 0.15) is 0 Å². The van der Waals surface area contributed by atoms with Crippen LogP contribution < -0.4 is 16.7 Å². The van der Waals surface area contributed by atoms with Crippen molar-refractivity contribution >= 4 is 32.7 Å². The summed E-state index contributed by atoms with van der Waals surface area (Å²) >= 11 is 3.55. The van der Waals surface area contributed by atoms with Gasteiger partial charge in [0, 0.05) is 10.5 Å². The van der Waals surface area contributed by atoms with Crippen LogP contribution in [0.3, 0.4) is 0 Å². The fourth-order valence-corrected chi connectivity index (χ4v) is 3.33. The highest BCUT2D eigenvalue weighted by Gasteiger charge is 2.26. The predicted octanol–water partition coefficient (Wildman–Crippen LogP) is 2.16. The Morgan fingerprint density at radius 1 is 1.32 bits per heavy atom. The van der Waals surface area contributed by atoms with Crippen LogP contribution in [0, 0.1) is 5.92 Å². The lowest BCUT2D eigenvalue weighted by Gasteiger charge is -2.21. The van der Waals surface area contributed by atoms with Gasteiger partial charge in [0.25, 0.3) is 0 Å². The molecular weight excluding hydrogens is 308 g/mol. The Kier molecular flexibility index (Phi) is 3.36. The standard InChI is InChI=1S/C13H17BrN4O/c14-8-4-11-12(18-13(19)17-11)5-10(8)16-9-3-1-2-7(9)6-15/h4-5,7,9,16H,1-3,6,15H2,(H2,17,18,19). The minimum Gasteiger partial charge on any atom is -0.381 e. The Labute approximate surface area is 119 Å². The smallest absolute Gasteiger partial charge is 0.323 e. The predicted molar refractivity (Wildman–Crippen MR) is 80.4 cm³/mol. The van der Waals surface area contributed by atoms with E-state index in [0.29, 0.717) is 12.0 Å². The summed E-state index contributed by atoms with van der Waals surface area (Å²) in [6.45, 7) is 0.721. The average molecular weight is 325 g/mol. The summed E-state index contributed by atoms with van der Waals surface area (Å²) < 4.78 is 0.956. The molecule has 6 heteroatoms. The molecule has 0 bridgehead atoms. The number of nitrogens with two attached hydrogens (primary N) is 1. The van der Waals surface area contributed by atoms with Crippen molar-refractivity contribution in [1.82, 2.24) is 9.97 Å². The SMILES string of the molecule is NCC1CCCC1Nc1cc2[nH]c(=O)[nH]c2cc1Br. The van der Waals surface area contributed by atoms with Crippen molar-refractivity contribution in [2.24, 2.45) is 11.7 Å². The molecule has 1 aromatic carbocycles. The van der Waals surface area contributed by atoms with Gasteiger partial charge in [-0.05, 0) is 53.4 Å². The number of rotatable bonds is 3. The fourth-order valence-electron chi connectivity index (χ4n) is 2.88. The summed E-state index contributed by atoms with van der Waals surface area (Å²) in [5.74, 6) is 0.535. The minimum absolute atomic E-state index is 0.181.